The lowest BCUT2D eigenvalue weighted by Gasteiger charge is -2.23. The Labute approximate surface area is 123 Å². The minimum atomic E-state index is -0.902. The van der Waals surface area contributed by atoms with Crippen LogP contribution in [0.3, 0.4) is 0 Å². The summed E-state index contributed by atoms with van der Waals surface area (Å²) in [5, 5.41) is 9.06. The largest absolute Gasteiger partial charge is 0.481 e. The van der Waals surface area contributed by atoms with E-state index in [4.69, 9.17) is 28.3 Å². The van der Waals surface area contributed by atoms with Crippen LogP contribution in [-0.4, -0.2) is 35.9 Å². The van der Waals surface area contributed by atoms with Crippen LogP contribution in [0.25, 0.3) is 0 Å². The number of carboxylic acid groups (broad SMARTS) is 1. The number of carbonyl (C=O) groups is 1. The molecule has 1 aromatic rings. The number of halogens is 2. The normalized spacial score (nSPS) is 11.9. The highest BCUT2D eigenvalue weighted by atomic mass is 35.5. The van der Waals surface area contributed by atoms with E-state index in [0.29, 0.717) is 30.4 Å². The summed E-state index contributed by atoms with van der Waals surface area (Å²) in [7, 11) is 0. The van der Waals surface area contributed by atoms with Gasteiger partial charge in [0.2, 0.25) is 0 Å². The summed E-state index contributed by atoms with van der Waals surface area (Å²) >= 11 is 11.5. The Bertz CT molecular complexity index is 414. The lowest BCUT2D eigenvalue weighted by molar-refractivity contribution is -0.137. The summed E-state index contributed by atoms with van der Waals surface area (Å²) in [6.45, 7) is 4.96. The predicted octanol–water partition coefficient (Wildman–Crippen LogP) is 3.32. The van der Waals surface area contributed by atoms with Gasteiger partial charge in [-0.2, -0.15) is 0 Å². The smallest absolute Gasteiger partial charge is 0.314 e. The van der Waals surface area contributed by atoms with E-state index < -0.39 is 11.9 Å². The molecule has 1 unspecified atom stereocenters. The second-order valence-electron chi connectivity index (χ2n) is 4.01. The zero-order valence-electron chi connectivity index (χ0n) is 10.6. The first-order valence-corrected chi connectivity index (χ1v) is 7.03. The van der Waals surface area contributed by atoms with Gasteiger partial charge in [0.1, 0.15) is 0 Å². The molecule has 0 bridgehead atoms. The minimum absolute atomic E-state index is 0.517. The molecule has 1 N–H and O–H groups in total. The lowest BCUT2D eigenvalue weighted by atomic mass is 9.99. The van der Waals surface area contributed by atoms with Crippen molar-refractivity contribution in [3.8, 4) is 0 Å². The Morgan fingerprint density at radius 3 is 2.16 bits per heavy atom. The lowest BCUT2D eigenvalue weighted by Crippen LogP contribution is -2.27. The first-order valence-electron chi connectivity index (χ1n) is 5.96. The second-order valence-corrected chi connectivity index (χ2v) is 4.76. The molecule has 0 aliphatic heterocycles. The molecule has 0 heterocycles. The SMILES string of the molecule is C=CC(C(=O)O)c1ccc(N(CCCl)CCCl)cc1. The van der Waals surface area contributed by atoms with Crippen LogP contribution >= 0.6 is 23.2 Å². The van der Waals surface area contributed by atoms with Gasteiger partial charge < -0.3 is 10.0 Å². The van der Waals surface area contributed by atoms with Crippen molar-refractivity contribution < 1.29 is 9.90 Å². The van der Waals surface area contributed by atoms with E-state index in [1.54, 1.807) is 12.1 Å². The number of hydrogen-bond donors (Lipinski definition) is 1. The molecule has 19 heavy (non-hydrogen) atoms. The molecule has 1 rings (SSSR count). The molecule has 0 amide bonds. The predicted molar refractivity (Wildman–Crippen MR) is 80.7 cm³/mol. The molecule has 0 saturated carbocycles. The van der Waals surface area contributed by atoms with Crippen molar-refractivity contribution in [2.45, 2.75) is 5.92 Å². The van der Waals surface area contributed by atoms with Gasteiger partial charge in [0.05, 0.1) is 5.92 Å². The molecule has 0 aromatic heterocycles. The maximum absolute atomic E-state index is 11.0. The molecule has 3 nitrogen and oxygen atoms in total. The van der Waals surface area contributed by atoms with Crippen molar-refractivity contribution in [3.05, 3.63) is 42.5 Å². The van der Waals surface area contributed by atoms with Gasteiger partial charge in [0, 0.05) is 30.5 Å². The monoisotopic (exact) mass is 301 g/mol. The second kappa shape index (κ2) is 8.08. The Morgan fingerprint density at radius 2 is 1.79 bits per heavy atom. The van der Waals surface area contributed by atoms with Crippen LogP contribution in [0.15, 0.2) is 36.9 Å². The summed E-state index contributed by atoms with van der Waals surface area (Å²) in [4.78, 5) is 13.1. The molecule has 5 heteroatoms. The summed E-state index contributed by atoms with van der Waals surface area (Å²) < 4.78 is 0. The molecule has 104 valence electrons. The molecule has 0 fully saturated rings. The van der Waals surface area contributed by atoms with Crippen molar-refractivity contribution >= 4 is 34.9 Å². The van der Waals surface area contributed by atoms with E-state index in [1.165, 1.54) is 6.08 Å². The van der Waals surface area contributed by atoms with Crippen molar-refractivity contribution in [1.82, 2.24) is 0 Å². The van der Waals surface area contributed by atoms with Crippen LogP contribution < -0.4 is 4.90 Å². The molecule has 1 atom stereocenters. The third-order valence-corrected chi connectivity index (χ3v) is 3.17. The van der Waals surface area contributed by atoms with Gasteiger partial charge in [0.15, 0.2) is 0 Å². The number of aliphatic carboxylic acids is 1. The van der Waals surface area contributed by atoms with Crippen LogP contribution in [0.4, 0.5) is 5.69 Å². The minimum Gasteiger partial charge on any atom is -0.481 e. The number of rotatable bonds is 8. The van der Waals surface area contributed by atoms with E-state index >= 15 is 0 Å². The van der Waals surface area contributed by atoms with Gasteiger partial charge >= 0.3 is 5.97 Å². The third kappa shape index (κ3) is 4.44. The number of alkyl halides is 2. The molecule has 0 spiro atoms. The van der Waals surface area contributed by atoms with Crippen LogP contribution in [0.1, 0.15) is 11.5 Å². The zero-order chi connectivity index (χ0) is 14.3. The number of hydrogen-bond acceptors (Lipinski definition) is 2. The van der Waals surface area contributed by atoms with E-state index in [1.807, 2.05) is 12.1 Å². The number of carboxylic acids is 1. The molecule has 0 aliphatic carbocycles. The van der Waals surface area contributed by atoms with Gasteiger partial charge in [-0.3, -0.25) is 4.79 Å². The summed E-state index contributed by atoms with van der Waals surface area (Å²) in [5.41, 5.74) is 1.70. The highest BCUT2D eigenvalue weighted by Crippen LogP contribution is 2.22. The highest BCUT2D eigenvalue weighted by molar-refractivity contribution is 6.18. The Morgan fingerprint density at radius 1 is 1.26 bits per heavy atom. The van der Waals surface area contributed by atoms with Crippen molar-refractivity contribution in [1.29, 1.82) is 0 Å². The van der Waals surface area contributed by atoms with Gasteiger partial charge in [-0.05, 0) is 17.7 Å². The molecular weight excluding hydrogens is 285 g/mol. The average molecular weight is 302 g/mol. The molecule has 1 aromatic carbocycles. The van der Waals surface area contributed by atoms with Crippen molar-refractivity contribution in [2.24, 2.45) is 0 Å². The third-order valence-electron chi connectivity index (χ3n) is 2.83. The fourth-order valence-corrected chi connectivity index (χ4v) is 2.25. The standard InChI is InChI=1S/C14H17Cl2NO2/c1-2-13(14(18)19)11-3-5-12(6-4-11)17(9-7-15)10-8-16/h2-6,13H,1,7-10H2,(H,18,19). The van der Waals surface area contributed by atoms with Gasteiger partial charge in [-0.25, -0.2) is 0 Å². The molecular formula is C14H17Cl2NO2. The highest BCUT2D eigenvalue weighted by Gasteiger charge is 2.16. The fourth-order valence-electron chi connectivity index (χ4n) is 1.85. The van der Waals surface area contributed by atoms with Gasteiger partial charge in [-0.1, -0.05) is 18.2 Å². The average Bonchev–Trinajstić information content (AvgIpc) is 2.40. The summed E-state index contributed by atoms with van der Waals surface area (Å²) in [6, 6.07) is 7.36. The van der Waals surface area contributed by atoms with Crippen LogP contribution in [0, 0.1) is 0 Å². The van der Waals surface area contributed by atoms with E-state index in [-0.39, 0.29) is 0 Å². The number of benzene rings is 1. The number of anilines is 1. The number of nitrogens with zero attached hydrogens (tertiary/aromatic N) is 1. The summed E-state index contributed by atoms with van der Waals surface area (Å²) in [6.07, 6.45) is 1.42. The van der Waals surface area contributed by atoms with E-state index in [2.05, 4.69) is 11.5 Å². The molecule has 0 radical (unpaired) electrons. The first kappa shape index (κ1) is 15.9. The van der Waals surface area contributed by atoms with Crippen molar-refractivity contribution in [3.63, 3.8) is 0 Å². The Kier molecular flexibility index (Phi) is 6.74. The summed E-state index contributed by atoms with van der Waals surface area (Å²) in [5.74, 6) is -0.545. The Hall–Kier alpha value is -1.19. The fraction of sp³-hybridized carbons (Fsp3) is 0.357. The van der Waals surface area contributed by atoms with Crippen LogP contribution in [-0.2, 0) is 4.79 Å². The van der Waals surface area contributed by atoms with E-state index in [0.717, 1.165) is 5.69 Å². The maximum Gasteiger partial charge on any atom is 0.314 e. The van der Waals surface area contributed by atoms with Gasteiger partial charge in [-0.15, -0.1) is 29.8 Å². The van der Waals surface area contributed by atoms with Crippen LogP contribution in [0.5, 0.6) is 0 Å². The van der Waals surface area contributed by atoms with Gasteiger partial charge in [0.25, 0.3) is 0 Å². The molecule has 0 aliphatic rings. The topological polar surface area (TPSA) is 40.5 Å². The van der Waals surface area contributed by atoms with Crippen LogP contribution in [0.2, 0.25) is 0 Å². The quantitative estimate of drug-likeness (QED) is 0.591. The van der Waals surface area contributed by atoms with E-state index in [9.17, 15) is 4.79 Å². The van der Waals surface area contributed by atoms with Crippen molar-refractivity contribution in [2.75, 3.05) is 29.7 Å². The zero-order valence-corrected chi connectivity index (χ0v) is 12.1. The maximum atomic E-state index is 11.0. The first-order chi connectivity index (χ1) is 9.13. The Balaban J connectivity index is 2.90. The molecule has 0 saturated heterocycles.